The fourth-order valence-corrected chi connectivity index (χ4v) is 1.99. The molecule has 0 N–H and O–H groups in total. The second-order valence-corrected chi connectivity index (χ2v) is 4.87. The highest BCUT2D eigenvalue weighted by Crippen LogP contribution is 2.29. The first-order valence-electron chi connectivity index (χ1n) is 6.44. The molecule has 0 heterocycles. The van der Waals surface area contributed by atoms with Crippen LogP contribution in [-0.2, 0) is 12.7 Å². The minimum atomic E-state index is -4.39. The molecular weight excluding hydrogens is 298 g/mol. The highest BCUT2D eigenvalue weighted by atomic mass is 19.4. The highest BCUT2D eigenvalue weighted by molar-refractivity contribution is 5.94. The van der Waals surface area contributed by atoms with Gasteiger partial charge in [-0.25, -0.2) is 4.39 Å². The Hall–Kier alpha value is -2.37. The van der Waals surface area contributed by atoms with Crippen LogP contribution in [0.2, 0.25) is 0 Å². The monoisotopic (exact) mass is 311 g/mol. The number of amides is 1. The van der Waals surface area contributed by atoms with Crippen molar-refractivity contribution in [3.63, 3.8) is 0 Å². The lowest BCUT2D eigenvalue weighted by Crippen LogP contribution is -2.26. The minimum Gasteiger partial charge on any atom is -0.337 e. The molecule has 1 amide bonds. The molecule has 0 spiro atoms. The van der Waals surface area contributed by atoms with E-state index in [-0.39, 0.29) is 12.1 Å². The Bertz CT molecular complexity index is 665. The molecule has 0 saturated heterocycles. The number of alkyl halides is 3. The number of rotatable bonds is 3. The van der Waals surface area contributed by atoms with Gasteiger partial charge in [-0.2, -0.15) is 13.2 Å². The summed E-state index contributed by atoms with van der Waals surface area (Å²) in [6, 6.07) is 9.82. The zero-order chi connectivity index (χ0) is 16.3. The van der Waals surface area contributed by atoms with E-state index in [1.165, 1.54) is 42.3 Å². The average Bonchev–Trinajstić information content (AvgIpc) is 2.46. The number of hydrogen-bond donors (Lipinski definition) is 0. The van der Waals surface area contributed by atoms with E-state index >= 15 is 0 Å². The van der Waals surface area contributed by atoms with Gasteiger partial charge in [0, 0.05) is 19.2 Å². The van der Waals surface area contributed by atoms with E-state index in [2.05, 4.69) is 0 Å². The van der Waals surface area contributed by atoms with Crippen LogP contribution in [0.1, 0.15) is 21.5 Å². The molecule has 0 aliphatic heterocycles. The van der Waals surface area contributed by atoms with Crippen molar-refractivity contribution < 1.29 is 22.4 Å². The first-order chi connectivity index (χ1) is 10.3. The molecule has 0 fully saturated rings. The van der Waals surface area contributed by atoms with Crippen molar-refractivity contribution in [1.82, 2.24) is 4.90 Å². The van der Waals surface area contributed by atoms with Crippen molar-refractivity contribution in [2.45, 2.75) is 12.7 Å². The quantitative estimate of drug-likeness (QED) is 0.781. The highest BCUT2D eigenvalue weighted by Gasteiger charge is 2.30. The molecule has 0 bridgehead atoms. The number of hydrogen-bond acceptors (Lipinski definition) is 1. The first kappa shape index (κ1) is 16.0. The van der Waals surface area contributed by atoms with Gasteiger partial charge >= 0.3 is 6.18 Å². The van der Waals surface area contributed by atoms with Crippen molar-refractivity contribution in [3.8, 4) is 0 Å². The van der Waals surface area contributed by atoms with E-state index in [1.807, 2.05) is 0 Å². The fraction of sp³-hybridized carbons (Fsp3) is 0.188. The van der Waals surface area contributed by atoms with E-state index in [0.29, 0.717) is 5.56 Å². The minimum absolute atomic E-state index is 0.132. The summed E-state index contributed by atoms with van der Waals surface area (Å²) in [7, 11) is 1.50. The summed E-state index contributed by atoms with van der Waals surface area (Å²) < 4.78 is 50.5. The Kier molecular flexibility index (Phi) is 4.49. The molecule has 2 aromatic rings. The Morgan fingerprint density at radius 1 is 1.09 bits per heavy atom. The summed E-state index contributed by atoms with van der Waals surface area (Å²) in [5.41, 5.74) is 0.00465. The van der Waals surface area contributed by atoms with E-state index in [0.717, 1.165) is 18.2 Å². The van der Waals surface area contributed by atoms with Gasteiger partial charge in [0.25, 0.3) is 5.91 Å². The second kappa shape index (κ2) is 6.17. The standard InChI is InChI=1S/C16H13F4NO/c1-21(15(22)12-3-2-4-14(17)9-12)10-11-5-7-13(8-6-11)16(18,19)20/h2-9H,10H2,1H3. The van der Waals surface area contributed by atoms with E-state index < -0.39 is 23.5 Å². The third-order valence-corrected chi connectivity index (χ3v) is 3.12. The molecule has 0 radical (unpaired) electrons. The lowest BCUT2D eigenvalue weighted by atomic mass is 10.1. The molecule has 6 heteroatoms. The normalized spacial score (nSPS) is 11.3. The van der Waals surface area contributed by atoms with Crippen LogP contribution >= 0.6 is 0 Å². The number of nitrogens with zero attached hydrogens (tertiary/aromatic N) is 1. The fourth-order valence-electron chi connectivity index (χ4n) is 1.99. The van der Waals surface area contributed by atoms with Gasteiger partial charge in [0.15, 0.2) is 0 Å². The Labute approximate surface area is 125 Å². The largest absolute Gasteiger partial charge is 0.416 e. The van der Waals surface area contributed by atoms with Crippen molar-refractivity contribution >= 4 is 5.91 Å². The molecule has 22 heavy (non-hydrogen) atoms. The van der Waals surface area contributed by atoms with Gasteiger partial charge in [-0.15, -0.1) is 0 Å². The van der Waals surface area contributed by atoms with Crippen molar-refractivity contribution in [2.75, 3.05) is 7.05 Å². The molecule has 0 atom stereocenters. The molecule has 0 saturated carbocycles. The van der Waals surface area contributed by atoms with Gasteiger partial charge in [0.05, 0.1) is 5.56 Å². The molecule has 2 aromatic carbocycles. The summed E-state index contributed by atoms with van der Waals surface area (Å²) in [6.07, 6.45) is -4.39. The van der Waals surface area contributed by atoms with Crippen molar-refractivity contribution in [3.05, 3.63) is 71.0 Å². The molecule has 0 aromatic heterocycles. The maximum absolute atomic E-state index is 13.1. The maximum Gasteiger partial charge on any atom is 0.416 e. The van der Waals surface area contributed by atoms with Crippen molar-refractivity contribution in [1.29, 1.82) is 0 Å². The predicted molar refractivity (Wildman–Crippen MR) is 73.6 cm³/mol. The Balaban J connectivity index is 2.08. The summed E-state index contributed by atoms with van der Waals surface area (Å²) in [5.74, 6) is -0.923. The van der Waals surface area contributed by atoms with Crippen LogP contribution in [0.5, 0.6) is 0 Å². The molecule has 2 nitrogen and oxygen atoms in total. The van der Waals surface area contributed by atoms with Crippen LogP contribution in [0, 0.1) is 5.82 Å². The number of benzene rings is 2. The Morgan fingerprint density at radius 3 is 2.27 bits per heavy atom. The lowest BCUT2D eigenvalue weighted by Gasteiger charge is -2.18. The summed E-state index contributed by atoms with van der Waals surface area (Å²) in [6.45, 7) is 0.132. The molecular formula is C16H13F4NO. The lowest BCUT2D eigenvalue weighted by molar-refractivity contribution is -0.137. The summed E-state index contributed by atoms with van der Waals surface area (Å²) in [5, 5.41) is 0. The van der Waals surface area contributed by atoms with Crippen LogP contribution < -0.4 is 0 Å². The first-order valence-corrected chi connectivity index (χ1v) is 6.44. The molecule has 2 rings (SSSR count). The SMILES string of the molecule is CN(Cc1ccc(C(F)(F)F)cc1)C(=O)c1cccc(F)c1. The third-order valence-electron chi connectivity index (χ3n) is 3.12. The topological polar surface area (TPSA) is 20.3 Å². The van der Waals surface area contributed by atoms with Crippen molar-refractivity contribution in [2.24, 2.45) is 0 Å². The number of carbonyl (C=O) groups is 1. The second-order valence-electron chi connectivity index (χ2n) is 4.87. The van der Waals surface area contributed by atoms with Crippen LogP contribution in [0.3, 0.4) is 0 Å². The van der Waals surface area contributed by atoms with Gasteiger partial charge < -0.3 is 4.90 Å². The van der Waals surface area contributed by atoms with E-state index in [1.54, 1.807) is 0 Å². The Morgan fingerprint density at radius 2 is 1.73 bits per heavy atom. The summed E-state index contributed by atoms with van der Waals surface area (Å²) >= 11 is 0. The zero-order valence-electron chi connectivity index (χ0n) is 11.7. The van der Waals surface area contributed by atoms with Gasteiger partial charge in [-0.1, -0.05) is 18.2 Å². The molecule has 116 valence electrons. The third kappa shape index (κ3) is 3.84. The van der Waals surface area contributed by atoms with E-state index in [9.17, 15) is 22.4 Å². The summed E-state index contributed by atoms with van der Waals surface area (Å²) in [4.78, 5) is 13.4. The smallest absolute Gasteiger partial charge is 0.337 e. The van der Waals surface area contributed by atoms with Gasteiger partial charge in [-0.05, 0) is 35.9 Å². The van der Waals surface area contributed by atoms with Crippen LogP contribution in [0.25, 0.3) is 0 Å². The van der Waals surface area contributed by atoms with Crippen LogP contribution in [0.4, 0.5) is 17.6 Å². The van der Waals surface area contributed by atoms with Gasteiger partial charge in [0.2, 0.25) is 0 Å². The van der Waals surface area contributed by atoms with Gasteiger partial charge in [0.1, 0.15) is 5.82 Å². The van der Waals surface area contributed by atoms with E-state index in [4.69, 9.17) is 0 Å². The number of halogens is 4. The van der Waals surface area contributed by atoms with Crippen LogP contribution in [0.15, 0.2) is 48.5 Å². The van der Waals surface area contributed by atoms with Gasteiger partial charge in [-0.3, -0.25) is 4.79 Å². The molecule has 0 unspecified atom stereocenters. The predicted octanol–water partition coefficient (Wildman–Crippen LogP) is 4.12. The molecule has 0 aliphatic rings. The molecule has 0 aliphatic carbocycles. The maximum atomic E-state index is 13.1. The number of carbonyl (C=O) groups excluding carboxylic acids is 1. The average molecular weight is 311 g/mol. The van der Waals surface area contributed by atoms with Crippen LogP contribution in [-0.4, -0.2) is 17.9 Å². The zero-order valence-corrected chi connectivity index (χ0v) is 11.7.